The molecule has 0 radical (unpaired) electrons. The number of hydrogen-bond donors (Lipinski definition) is 2. The number of sulfone groups is 1. The Kier molecular flexibility index (Phi) is 5.99. The SMILES string of the molecule is COc1cc(O)c(/C=C/S(=O)(=O)Cc2ccc(OC)c(O)c2)c(OC)c1. The Balaban J connectivity index is 2.28. The topological polar surface area (TPSA) is 102 Å². The number of methoxy groups -OCH3 is 3. The smallest absolute Gasteiger partial charge is 0.175 e. The molecule has 26 heavy (non-hydrogen) atoms. The maximum absolute atomic E-state index is 12.3. The van der Waals surface area contributed by atoms with Gasteiger partial charge >= 0.3 is 0 Å². The summed E-state index contributed by atoms with van der Waals surface area (Å²) >= 11 is 0. The van der Waals surface area contributed by atoms with Crippen molar-refractivity contribution in [3.63, 3.8) is 0 Å². The van der Waals surface area contributed by atoms with Crippen LogP contribution in [0.5, 0.6) is 28.7 Å². The van der Waals surface area contributed by atoms with Crippen LogP contribution >= 0.6 is 0 Å². The fourth-order valence-corrected chi connectivity index (χ4v) is 3.40. The molecule has 7 nitrogen and oxygen atoms in total. The molecule has 0 saturated heterocycles. The molecule has 0 aliphatic carbocycles. The average molecular weight is 380 g/mol. The fraction of sp³-hybridized carbons (Fsp3) is 0.222. The minimum Gasteiger partial charge on any atom is -0.507 e. The quantitative estimate of drug-likeness (QED) is 0.761. The van der Waals surface area contributed by atoms with Crippen LogP contribution in [0.25, 0.3) is 6.08 Å². The Hall–Kier alpha value is -2.87. The molecule has 140 valence electrons. The molecule has 0 unspecified atom stereocenters. The molecule has 8 heteroatoms. The first-order chi connectivity index (χ1) is 12.3. The lowest BCUT2D eigenvalue weighted by Crippen LogP contribution is -2.00. The number of ether oxygens (including phenoxy) is 3. The van der Waals surface area contributed by atoms with Gasteiger partial charge in [-0.2, -0.15) is 0 Å². The highest BCUT2D eigenvalue weighted by molar-refractivity contribution is 7.93. The second-order valence-corrected chi connectivity index (χ2v) is 7.27. The van der Waals surface area contributed by atoms with Gasteiger partial charge in [-0.1, -0.05) is 6.07 Å². The highest BCUT2D eigenvalue weighted by Gasteiger charge is 2.13. The summed E-state index contributed by atoms with van der Waals surface area (Å²) in [6.07, 6.45) is 1.26. The van der Waals surface area contributed by atoms with E-state index in [1.165, 1.54) is 51.7 Å². The molecule has 0 aliphatic heterocycles. The molecule has 0 atom stereocenters. The van der Waals surface area contributed by atoms with Crippen molar-refractivity contribution in [2.45, 2.75) is 5.75 Å². The van der Waals surface area contributed by atoms with E-state index in [0.29, 0.717) is 11.3 Å². The monoisotopic (exact) mass is 380 g/mol. The zero-order valence-electron chi connectivity index (χ0n) is 14.6. The van der Waals surface area contributed by atoms with E-state index in [1.807, 2.05) is 0 Å². The predicted octanol–water partition coefficient (Wildman–Crippen LogP) is 2.71. The van der Waals surface area contributed by atoms with Crippen molar-refractivity contribution >= 4 is 15.9 Å². The van der Waals surface area contributed by atoms with Gasteiger partial charge in [-0.15, -0.1) is 0 Å². The van der Waals surface area contributed by atoms with E-state index in [0.717, 1.165) is 5.41 Å². The average Bonchev–Trinajstić information content (AvgIpc) is 2.59. The molecule has 2 N–H and O–H groups in total. The van der Waals surface area contributed by atoms with Crippen LogP contribution in [0, 0.1) is 0 Å². The van der Waals surface area contributed by atoms with E-state index in [2.05, 4.69) is 0 Å². The van der Waals surface area contributed by atoms with Gasteiger partial charge in [-0.3, -0.25) is 0 Å². The first-order valence-electron chi connectivity index (χ1n) is 7.51. The first kappa shape index (κ1) is 19.5. The Labute approximate surface area is 152 Å². The van der Waals surface area contributed by atoms with Gasteiger partial charge < -0.3 is 24.4 Å². The van der Waals surface area contributed by atoms with E-state index < -0.39 is 9.84 Å². The minimum atomic E-state index is -3.66. The van der Waals surface area contributed by atoms with Crippen LogP contribution < -0.4 is 14.2 Å². The van der Waals surface area contributed by atoms with E-state index in [-0.39, 0.29) is 34.3 Å². The molecule has 0 heterocycles. The maximum Gasteiger partial charge on any atom is 0.175 e. The van der Waals surface area contributed by atoms with Crippen LogP contribution in [0.1, 0.15) is 11.1 Å². The Morgan fingerprint density at radius 2 is 1.62 bits per heavy atom. The van der Waals surface area contributed by atoms with Gasteiger partial charge in [0.2, 0.25) is 0 Å². The van der Waals surface area contributed by atoms with Crippen molar-refractivity contribution in [2.24, 2.45) is 0 Å². The third kappa shape index (κ3) is 4.60. The number of aromatic hydroxyl groups is 2. The van der Waals surface area contributed by atoms with Crippen molar-refractivity contribution in [3.8, 4) is 28.7 Å². The van der Waals surface area contributed by atoms with Crippen molar-refractivity contribution in [3.05, 3.63) is 46.9 Å². The third-order valence-corrected chi connectivity index (χ3v) is 4.89. The van der Waals surface area contributed by atoms with Crippen molar-refractivity contribution in [1.29, 1.82) is 0 Å². The van der Waals surface area contributed by atoms with E-state index in [4.69, 9.17) is 14.2 Å². The zero-order valence-corrected chi connectivity index (χ0v) is 15.4. The molecule has 0 spiro atoms. The van der Waals surface area contributed by atoms with Gasteiger partial charge in [0.25, 0.3) is 0 Å². The summed E-state index contributed by atoms with van der Waals surface area (Å²) < 4.78 is 39.8. The first-order valence-corrected chi connectivity index (χ1v) is 9.23. The molecule has 0 fully saturated rings. The molecule has 0 saturated carbocycles. The van der Waals surface area contributed by atoms with Gasteiger partial charge in [0, 0.05) is 17.5 Å². The molecule has 2 aromatic rings. The van der Waals surface area contributed by atoms with Gasteiger partial charge in [0.05, 0.1) is 32.6 Å². The summed E-state index contributed by atoms with van der Waals surface area (Å²) in [7, 11) is 0.595. The summed E-state index contributed by atoms with van der Waals surface area (Å²) in [5.41, 5.74) is 0.619. The molecule has 2 rings (SSSR count). The number of phenolic OH excluding ortho intramolecular Hbond substituents is 2. The lowest BCUT2D eigenvalue weighted by molar-refractivity contribution is 0.373. The molecular weight excluding hydrogens is 360 g/mol. The summed E-state index contributed by atoms with van der Waals surface area (Å²) in [4.78, 5) is 0. The highest BCUT2D eigenvalue weighted by atomic mass is 32.2. The molecule has 0 bridgehead atoms. The Morgan fingerprint density at radius 1 is 0.923 bits per heavy atom. The maximum atomic E-state index is 12.3. The predicted molar refractivity (Wildman–Crippen MR) is 97.5 cm³/mol. The lowest BCUT2D eigenvalue weighted by atomic mass is 10.1. The highest BCUT2D eigenvalue weighted by Crippen LogP contribution is 2.34. The third-order valence-electron chi connectivity index (χ3n) is 3.60. The number of benzene rings is 2. The van der Waals surface area contributed by atoms with E-state index in [9.17, 15) is 18.6 Å². The van der Waals surface area contributed by atoms with Gasteiger partial charge in [-0.05, 0) is 23.8 Å². The van der Waals surface area contributed by atoms with Gasteiger partial charge in [0.1, 0.15) is 17.2 Å². The molecule has 2 aromatic carbocycles. The minimum absolute atomic E-state index is 0.140. The number of rotatable bonds is 7. The largest absolute Gasteiger partial charge is 0.507 e. The van der Waals surface area contributed by atoms with Crippen LogP contribution in [0.2, 0.25) is 0 Å². The lowest BCUT2D eigenvalue weighted by Gasteiger charge is -2.10. The number of phenols is 2. The molecular formula is C18H20O7S. The summed E-state index contributed by atoms with van der Waals surface area (Å²) in [5.74, 6) is 0.284. The van der Waals surface area contributed by atoms with Crippen LogP contribution in [-0.4, -0.2) is 40.0 Å². The Bertz CT molecular complexity index is 917. The van der Waals surface area contributed by atoms with E-state index >= 15 is 0 Å². The second-order valence-electron chi connectivity index (χ2n) is 5.38. The standard InChI is InChI=1S/C18H20O7S/c1-23-13-9-15(19)14(18(10-13)25-3)6-7-26(21,22)11-12-4-5-17(24-2)16(20)8-12/h4-10,19-20H,11H2,1-3H3/b7-6+. The van der Waals surface area contributed by atoms with Crippen LogP contribution in [0.15, 0.2) is 35.7 Å². The van der Waals surface area contributed by atoms with Crippen molar-refractivity contribution in [1.82, 2.24) is 0 Å². The fourth-order valence-electron chi connectivity index (χ4n) is 2.32. The van der Waals surface area contributed by atoms with Gasteiger partial charge in [0.15, 0.2) is 21.3 Å². The Morgan fingerprint density at radius 3 is 2.19 bits per heavy atom. The summed E-state index contributed by atoms with van der Waals surface area (Å²) in [5, 5.41) is 20.8. The van der Waals surface area contributed by atoms with Crippen LogP contribution in [-0.2, 0) is 15.6 Å². The summed E-state index contributed by atoms with van der Waals surface area (Å²) in [6.45, 7) is 0. The normalized spacial score (nSPS) is 11.5. The number of hydrogen-bond acceptors (Lipinski definition) is 7. The zero-order chi connectivity index (χ0) is 19.3. The van der Waals surface area contributed by atoms with Crippen molar-refractivity contribution in [2.75, 3.05) is 21.3 Å². The molecule has 0 aromatic heterocycles. The van der Waals surface area contributed by atoms with Gasteiger partial charge in [-0.25, -0.2) is 8.42 Å². The van der Waals surface area contributed by atoms with Crippen molar-refractivity contribution < 1.29 is 32.8 Å². The molecule has 0 amide bonds. The van der Waals surface area contributed by atoms with Crippen LogP contribution in [0.3, 0.4) is 0 Å². The van der Waals surface area contributed by atoms with Crippen LogP contribution in [0.4, 0.5) is 0 Å². The van der Waals surface area contributed by atoms with E-state index in [1.54, 1.807) is 6.07 Å². The second kappa shape index (κ2) is 8.01. The molecule has 0 aliphatic rings. The summed E-state index contributed by atoms with van der Waals surface area (Å²) in [6, 6.07) is 7.26.